The first-order chi connectivity index (χ1) is 5.89. The molecule has 0 rings (SSSR count). The molecule has 4 heteroatoms. The number of rotatable bonds is 4. The Bertz CT molecular complexity index is 159. The van der Waals surface area contributed by atoms with Crippen molar-refractivity contribution in [2.24, 2.45) is 0 Å². The van der Waals surface area contributed by atoms with Gasteiger partial charge in [0.2, 0.25) is 0 Å². The van der Waals surface area contributed by atoms with Crippen molar-refractivity contribution in [3.63, 3.8) is 0 Å². The van der Waals surface area contributed by atoms with Gasteiger partial charge >= 0.3 is 5.97 Å². The lowest BCUT2D eigenvalue weighted by molar-refractivity contribution is -0.156. The fourth-order valence-corrected chi connectivity index (χ4v) is 0.879. The van der Waals surface area contributed by atoms with Gasteiger partial charge in [0.25, 0.3) is 0 Å². The average Bonchev–Trinajstić information content (AvgIpc) is 1.96. The molecule has 0 bridgehead atoms. The molecule has 4 nitrogen and oxygen atoms in total. The third kappa shape index (κ3) is 6.54. The number of likely N-dealkylation sites (N-methyl/N-ethyl adjacent to an activating group) is 1. The summed E-state index contributed by atoms with van der Waals surface area (Å²) < 4.78 is 5.15. The van der Waals surface area contributed by atoms with E-state index in [1.54, 1.807) is 12.1 Å². The van der Waals surface area contributed by atoms with Gasteiger partial charge in [0.05, 0.1) is 0 Å². The van der Waals surface area contributed by atoms with E-state index >= 15 is 0 Å². The average molecular weight is 188 g/mol. The highest BCUT2D eigenvalue weighted by Crippen LogP contribution is 2.06. The summed E-state index contributed by atoms with van der Waals surface area (Å²) >= 11 is 0. The van der Waals surface area contributed by atoms with Gasteiger partial charge in [0, 0.05) is 6.54 Å². The van der Waals surface area contributed by atoms with Gasteiger partial charge < -0.3 is 4.74 Å². The number of esters is 1. The maximum absolute atomic E-state index is 11.3. The second kappa shape index (κ2) is 5.19. The second-order valence-corrected chi connectivity index (χ2v) is 3.82. The van der Waals surface area contributed by atoms with Crippen LogP contribution in [0.25, 0.3) is 0 Å². The molecule has 0 spiro atoms. The van der Waals surface area contributed by atoms with Crippen LogP contribution in [0, 0.1) is 0 Å². The summed E-state index contributed by atoms with van der Waals surface area (Å²) in [6.07, 6.45) is 0. The van der Waals surface area contributed by atoms with Crippen LogP contribution in [0.15, 0.2) is 0 Å². The number of nitrogens with zero attached hydrogens (tertiary/aromatic N) is 1. The Kier molecular flexibility index (Phi) is 4.95. The van der Waals surface area contributed by atoms with Crippen molar-refractivity contribution >= 4 is 5.97 Å². The SMILES string of the molecule is CCN(CC(=O)OC(C)(C)C)NC. The van der Waals surface area contributed by atoms with Gasteiger partial charge in [-0.25, -0.2) is 5.01 Å². The monoisotopic (exact) mass is 188 g/mol. The van der Waals surface area contributed by atoms with Crippen molar-refractivity contribution in [2.75, 3.05) is 20.1 Å². The maximum Gasteiger partial charge on any atom is 0.322 e. The molecule has 0 amide bonds. The Labute approximate surface area is 80.2 Å². The van der Waals surface area contributed by atoms with Gasteiger partial charge in [0.15, 0.2) is 0 Å². The molecular formula is C9H20N2O2. The zero-order valence-corrected chi connectivity index (χ0v) is 9.18. The van der Waals surface area contributed by atoms with Crippen LogP contribution in [0.1, 0.15) is 27.7 Å². The number of nitrogens with one attached hydrogen (secondary N) is 1. The number of hydrogen-bond acceptors (Lipinski definition) is 4. The predicted octanol–water partition coefficient (Wildman–Crippen LogP) is 0.784. The van der Waals surface area contributed by atoms with Crippen LogP contribution < -0.4 is 5.43 Å². The van der Waals surface area contributed by atoms with E-state index in [0.717, 1.165) is 6.54 Å². The fraction of sp³-hybridized carbons (Fsp3) is 0.889. The normalized spacial score (nSPS) is 11.8. The number of ether oxygens (including phenoxy) is 1. The Morgan fingerprint density at radius 2 is 2.00 bits per heavy atom. The van der Waals surface area contributed by atoms with Crippen LogP contribution in [0.5, 0.6) is 0 Å². The molecule has 0 heterocycles. The second-order valence-electron chi connectivity index (χ2n) is 3.82. The molecular weight excluding hydrogens is 168 g/mol. The third-order valence-corrected chi connectivity index (χ3v) is 1.44. The molecule has 0 fully saturated rings. The maximum atomic E-state index is 11.3. The zero-order valence-electron chi connectivity index (χ0n) is 9.18. The Hall–Kier alpha value is -0.610. The van der Waals surface area contributed by atoms with Crippen LogP contribution in [0.2, 0.25) is 0 Å². The minimum absolute atomic E-state index is 0.205. The molecule has 0 radical (unpaired) electrons. The van der Waals surface area contributed by atoms with Gasteiger partial charge in [0.1, 0.15) is 12.1 Å². The molecule has 0 saturated heterocycles. The molecule has 0 unspecified atom stereocenters. The number of hydrogen-bond donors (Lipinski definition) is 1. The van der Waals surface area contributed by atoms with Gasteiger partial charge in [-0.15, -0.1) is 0 Å². The minimum Gasteiger partial charge on any atom is -0.459 e. The molecule has 0 atom stereocenters. The summed E-state index contributed by atoms with van der Waals surface area (Å²) in [5, 5.41) is 1.79. The van der Waals surface area contributed by atoms with E-state index in [1.807, 2.05) is 27.7 Å². The molecule has 0 aliphatic rings. The highest BCUT2D eigenvalue weighted by Gasteiger charge is 2.17. The molecule has 0 saturated carbocycles. The number of carbonyl (C=O) groups is 1. The lowest BCUT2D eigenvalue weighted by Crippen LogP contribution is -2.41. The first-order valence-corrected chi connectivity index (χ1v) is 4.53. The van der Waals surface area contributed by atoms with E-state index in [-0.39, 0.29) is 12.5 Å². The standard InChI is InChI=1S/C9H20N2O2/c1-6-11(10-5)7-8(12)13-9(2,3)4/h10H,6-7H2,1-5H3. The molecule has 0 aromatic rings. The van der Waals surface area contributed by atoms with Crippen molar-refractivity contribution in [1.29, 1.82) is 0 Å². The van der Waals surface area contributed by atoms with Crippen molar-refractivity contribution in [1.82, 2.24) is 10.4 Å². The summed E-state index contributed by atoms with van der Waals surface area (Å²) in [5.41, 5.74) is 2.50. The van der Waals surface area contributed by atoms with E-state index in [4.69, 9.17) is 4.74 Å². The lowest BCUT2D eigenvalue weighted by Gasteiger charge is -2.23. The van der Waals surface area contributed by atoms with E-state index in [9.17, 15) is 4.79 Å². The molecule has 78 valence electrons. The largest absolute Gasteiger partial charge is 0.459 e. The zero-order chi connectivity index (χ0) is 10.5. The van der Waals surface area contributed by atoms with Crippen LogP contribution in [0.4, 0.5) is 0 Å². The number of hydrazine groups is 1. The fourth-order valence-electron chi connectivity index (χ4n) is 0.879. The van der Waals surface area contributed by atoms with Crippen LogP contribution >= 0.6 is 0 Å². The molecule has 0 aliphatic heterocycles. The number of carbonyl (C=O) groups excluding carboxylic acids is 1. The summed E-state index contributed by atoms with van der Waals surface area (Å²) in [6, 6.07) is 0. The van der Waals surface area contributed by atoms with Crippen molar-refractivity contribution in [2.45, 2.75) is 33.3 Å². The van der Waals surface area contributed by atoms with E-state index in [0.29, 0.717) is 0 Å². The highest BCUT2D eigenvalue weighted by atomic mass is 16.6. The first-order valence-electron chi connectivity index (χ1n) is 4.53. The Morgan fingerprint density at radius 1 is 1.46 bits per heavy atom. The summed E-state index contributed by atoms with van der Waals surface area (Å²) in [5.74, 6) is -0.205. The van der Waals surface area contributed by atoms with Crippen molar-refractivity contribution in [3.05, 3.63) is 0 Å². The van der Waals surface area contributed by atoms with Crippen LogP contribution in [-0.4, -0.2) is 36.7 Å². The Balaban J connectivity index is 3.86. The highest BCUT2D eigenvalue weighted by molar-refractivity contribution is 5.72. The minimum atomic E-state index is -0.399. The van der Waals surface area contributed by atoms with Crippen molar-refractivity contribution < 1.29 is 9.53 Å². The summed E-state index contributed by atoms with van der Waals surface area (Å²) in [4.78, 5) is 11.3. The quantitative estimate of drug-likeness (QED) is 0.523. The molecule has 0 aromatic heterocycles. The van der Waals surface area contributed by atoms with Gasteiger partial charge in [-0.3, -0.25) is 10.2 Å². The topological polar surface area (TPSA) is 41.6 Å². The summed E-state index contributed by atoms with van der Waals surface area (Å²) in [6.45, 7) is 8.61. The van der Waals surface area contributed by atoms with E-state index < -0.39 is 5.60 Å². The summed E-state index contributed by atoms with van der Waals surface area (Å²) in [7, 11) is 1.79. The van der Waals surface area contributed by atoms with Crippen LogP contribution in [0.3, 0.4) is 0 Å². The molecule has 13 heavy (non-hydrogen) atoms. The Morgan fingerprint density at radius 3 is 2.31 bits per heavy atom. The first kappa shape index (κ1) is 12.4. The van der Waals surface area contributed by atoms with Crippen LogP contribution in [-0.2, 0) is 9.53 Å². The molecule has 0 aliphatic carbocycles. The lowest BCUT2D eigenvalue weighted by atomic mass is 10.2. The smallest absolute Gasteiger partial charge is 0.322 e. The van der Waals surface area contributed by atoms with Gasteiger partial charge in [-0.2, -0.15) is 0 Å². The van der Waals surface area contributed by atoms with Crippen molar-refractivity contribution in [3.8, 4) is 0 Å². The molecule has 0 aromatic carbocycles. The van der Waals surface area contributed by atoms with Gasteiger partial charge in [-0.05, 0) is 27.8 Å². The van der Waals surface area contributed by atoms with E-state index in [2.05, 4.69) is 5.43 Å². The predicted molar refractivity (Wildman–Crippen MR) is 52.2 cm³/mol. The third-order valence-electron chi connectivity index (χ3n) is 1.44. The van der Waals surface area contributed by atoms with Gasteiger partial charge in [-0.1, -0.05) is 6.92 Å². The van der Waals surface area contributed by atoms with E-state index in [1.165, 1.54) is 0 Å². The molecule has 1 N–H and O–H groups in total.